The molecule has 0 spiro atoms. The second-order valence-corrected chi connectivity index (χ2v) is 3.32. The fraction of sp³-hybridized carbons (Fsp3) is 0.250. The molecular weight excluding hydrogens is 352 g/mol. The first kappa shape index (κ1) is 13.3. The normalized spacial score (nSPS) is 10.8. The Bertz CT molecular complexity index is 296. The number of halogens is 4. The first-order chi connectivity index (χ1) is 5.41. The van der Waals surface area contributed by atoms with Crippen molar-refractivity contribution in [3.05, 3.63) is 33.8 Å². The van der Waals surface area contributed by atoms with E-state index in [2.05, 4.69) is 15.9 Å². The molecule has 0 nitrogen and oxygen atoms in total. The van der Waals surface area contributed by atoms with E-state index >= 15 is 0 Å². The van der Waals surface area contributed by atoms with Gasteiger partial charge in [0.25, 0.3) is 0 Å². The zero-order chi connectivity index (χ0) is 9.35. The number of hydrogen-bond donors (Lipinski definition) is 0. The molecule has 0 amide bonds. The quantitative estimate of drug-likeness (QED) is 0.624. The van der Waals surface area contributed by atoms with E-state index in [1.54, 1.807) is 6.92 Å². The maximum Gasteiger partial charge on any atom is 0.416 e. The van der Waals surface area contributed by atoms with Crippen molar-refractivity contribution in [2.24, 2.45) is 0 Å². The molecule has 0 aliphatic rings. The second-order valence-electron chi connectivity index (χ2n) is 2.46. The van der Waals surface area contributed by atoms with Crippen LogP contribution < -0.4 is 0 Å². The van der Waals surface area contributed by atoms with Crippen LogP contribution in [0.4, 0.5) is 13.2 Å². The van der Waals surface area contributed by atoms with E-state index in [4.69, 9.17) is 0 Å². The standard InChI is InChI=1S/C8H6BrF3.Sn/c1-5-4-6(8(10,11)12)2-3-7(5)9;/h2-4H,1H3;. The summed E-state index contributed by atoms with van der Waals surface area (Å²) < 4.78 is 36.9. The molecule has 0 saturated heterocycles. The average Bonchev–Trinajstić information content (AvgIpc) is 1.92. The summed E-state index contributed by atoms with van der Waals surface area (Å²) in [5.74, 6) is 0. The Morgan fingerprint density at radius 2 is 1.77 bits per heavy atom. The monoisotopic (exact) mass is 358 g/mol. The maximum absolute atomic E-state index is 12.1. The van der Waals surface area contributed by atoms with Crippen molar-refractivity contribution in [3.8, 4) is 0 Å². The SMILES string of the molecule is Cc1cc(C(F)(F)F)ccc1Br.[Sn]. The summed E-state index contributed by atoms with van der Waals surface area (Å²) in [6.45, 7) is 1.62. The molecule has 4 radical (unpaired) electrons. The van der Waals surface area contributed by atoms with Crippen molar-refractivity contribution < 1.29 is 13.2 Å². The van der Waals surface area contributed by atoms with Gasteiger partial charge in [0.15, 0.2) is 0 Å². The zero-order valence-electron chi connectivity index (χ0n) is 6.74. The Morgan fingerprint density at radius 1 is 1.23 bits per heavy atom. The van der Waals surface area contributed by atoms with Gasteiger partial charge in [-0.2, -0.15) is 13.2 Å². The van der Waals surface area contributed by atoms with Crippen molar-refractivity contribution in [2.75, 3.05) is 0 Å². The van der Waals surface area contributed by atoms with Gasteiger partial charge in [0.1, 0.15) is 0 Å². The molecule has 70 valence electrons. The molecule has 0 atom stereocenters. The van der Waals surface area contributed by atoms with E-state index in [1.807, 2.05) is 0 Å². The van der Waals surface area contributed by atoms with Gasteiger partial charge < -0.3 is 0 Å². The fourth-order valence-electron chi connectivity index (χ4n) is 0.821. The van der Waals surface area contributed by atoms with Crippen LogP contribution in [0.5, 0.6) is 0 Å². The molecule has 0 fully saturated rings. The van der Waals surface area contributed by atoms with Crippen molar-refractivity contribution in [3.63, 3.8) is 0 Å². The van der Waals surface area contributed by atoms with Crippen LogP contribution in [-0.4, -0.2) is 23.9 Å². The summed E-state index contributed by atoms with van der Waals surface area (Å²) in [7, 11) is 0. The Labute approximate surface area is 99.6 Å². The van der Waals surface area contributed by atoms with Crippen molar-refractivity contribution >= 4 is 39.8 Å². The van der Waals surface area contributed by atoms with Gasteiger partial charge in [-0.15, -0.1) is 0 Å². The van der Waals surface area contributed by atoms with E-state index in [0.29, 0.717) is 10.0 Å². The van der Waals surface area contributed by atoms with Crippen LogP contribution in [0, 0.1) is 6.92 Å². The molecule has 0 aromatic heterocycles. The second kappa shape index (κ2) is 4.68. The molecular formula is C8H6BrF3Sn. The maximum atomic E-state index is 12.1. The first-order valence-electron chi connectivity index (χ1n) is 3.24. The Hall–Kier alpha value is 0.289. The van der Waals surface area contributed by atoms with Crippen molar-refractivity contribution in [1.29, 1.82) is 0 Å². The van der Waals surface area contributed by atoms with Gasteiger partial charge in [0.05, 0.1) is 5.56 Å². The molecule has 1 aromatic carbocycles. The van der Waals surface area contributed by atoms with E-state index in [0.717, 1.165) is 12.1 Å². The molecule has 0 heterocycles. The number of benzene rings is 1. The Balaban J connectivity index is 0.00000144. The first-order valence-corrected chi connectivity index (χ1v) is 4.04. The number of hydrogen-bond acceptors (Lipinski definition) is 0. The number of aryl methyl sites for hydroxylation is 1. The minimum atomic E-state index is -4.24. The van der Waals surface area contributed by atoms with Gasteiger partial charge in [-0.1, -0.05) is 15.9 Å². The van der Waals surface area contributed by atoms with E-state index in [-0.39, 0.29) is 23.9 Å². The van der Waals surface area contributed by atoms with Crippen molar-refractivity contribution in [1.82, 2.24) is 0 Å². The third-order valence-electron chi connectivity index (χ3n) is 1.49. The Morgan fingerprint density at radius 3 is 2.15 bits per heavy atom. The molecule has 0 N–H and O–H groups in total. The molecule has 0 aliphatic heterocycles. The molecule has 1 aromatic rings. The molecule has 1 rings (SSSR count). The molecule has 0 bridgehead atoms. The largest absolute Gasteiger partial charge is 0.416 e. The topological polar surface area (TPSA) is 0 Å². The van der Waals surface area contributed by atoms with Crippen LogP contribution in [0.2, 0.25) is 0 Å². The van der Waals surface area contributed by atoms with Gasteiger partial charge in [-0.3, -0.25) is 0 Å². The minimum absolute atomic E-state index is 0. The smallest absolute Gasteiger partial charge is 0.166 e. The third-order valence-corrected chi connectivity index (χ3v) is 2.38. The summed E-state index contributed by atoms with van der Waals surface area (Å²) in [6.07, 6.45) is -4.24. The van der Waals surface area contributed by atoms with Crippen LogP contribution in [0.1, 0.15) is 11.1 Å². The molecule has 0 aliphatic carbocycles. The molecule has 0 saturated carbocycles. The van der Waals surface area contributed by atoms with Crippen LogP contribution in [0.15, 0.2) is 22.7 Å². The molecule has 0 unspecified atom stereocenters. The number of rotatable bonds is 0. The van der Waals surface area contributed by atoms with Crippen LogP contribution in [0.3, 0.4) is 0 Å². The summed E-state index contributed by atoms with van der Waals surface area (Å²) in [5, 5.41) is 0. The van der Waals surface area contributed by atoms with Gasteiger partial charge in [-0.05, 0) is 30.7 Å². The molecule has 5 heteroatoms. The van der Waals surface area contributed by atoms with Crippen LogP contribution in [0.25, 0.3) is 0 Å². The summed E-state index contributed by atoms with van der Waals surface area (Å²) >= 11 is 3.13. The summed E-state index contributed by atoms with van der Waals surface area (Å²) in [4.78, 5) is 0. The van der Waals surface area contributed by atoms with Crippen molar-refractivity contribution in [2.45, 2.75) is 13.1 Å². The van der Waals surface area contributed by atoms with E-state index < -0.39 is 11.7 Å². The van der Waals surface area contributed by atoms with Gasteiger partial charge in [-0.25, -0.2) is 0 Å². The fourth-order valence-corrected chi connectivity index (χ4v) is 1.07. The predicted octanol–water partition coefficient (Wildman–Crippen LogP) is 3.40. The molecule has 13 heavy (non-hydrogen) atoms. The Kier molecular flexibility index (Phi) is 4.79. The van der Waals surface area contributed by atoms with Crippen LogP contribution in [-0.2, 0) is 6.18 Å². The summed E-state index contributed by atoms with van der Waals surface area (Å²) in [6, 6.07) is 3.57. The zero-order valence-corrected chi connectivity index (χ0v) is 11.2. The van der Waals surface area contributed by atoms with Gasteiger partial charge in [0, 0.05) is 28.4 Å². The van der Waals surface area contributed by atoms with Gasteiger partial charge in [0.2, 0.25) is 0 Å². The number of alkyl halides is 3. The minimum Gasteiger partial charge on any atom is -0.166 e. The van der Waals surface area contributed by atoms with E-state index in [9.17, 15) is 13.2 Å². The van der Waals surface area contributed by atoms with Crippen LogP contribution >= 0.6 is 15.9 Å². The average molecular weight is 358 g/mol. The van der Waals surface area contributed by atoms with Gasteiger partial charge >= 0.3 is 6.18 Å². The third kappa shape index (κ3) is 3.50. The van der Waals surface area contributed by atoms with E-state index in [1.165, 1.54) is 6.07 Å². The predicted molar refractivity (Wildman–Crippen MR) is 49.6 cm³/mol. The summed E-state index contributed by atoms with van der Waals surface area (Å²) in [5.41, 5.74) is -0.0203.